The van der Waals surface area contributed by atoms with E-state index in [-0.39, 0.29) is 11.6 Å². The number of hydrogen-bond donors (Lipinski definition) is 2. The highest BCUT2D eigenvalue weighted by Gasteiger charge is 2.23. The van der Waals surface area contributed by atoms with E-state index in [9.17, 15) is 10.4 Å². The van der Waals surface area contributed by atoms with Gasteiger partial charge in [-0.05, 0) is 49.4 Å². The van der Waals surface area contributed by atoms with Crippen molar-refractivity contribution in [2.24, 2.45) is 0 Å². The number of anilines is 1. The molecule has 21 heavy (non-hydrogen) atoms. The molecule has 0 spiro atoms. The number of aromatic nitrogens is 1. The number of benzene rings is 1. The highest BCUT2D eigenvalue weighted by molar-refractivity contribution is 6.31. The summed E-state index contributed by atoms with van der Waals surface area (Å²) in [5.41, 5.74) is 9.40. The zero-order chi connectivity index (χ0) is 15.0. The number of aromatic hydroxyl groups is 1. The molecule has 0 unspecified atom stereocenters. The number of phenolic OH excluding ortho intramolecular Hbond substituents is 1. The Balaban J connectivity index is 2.37. The minimum atomic E-state index is 0.0919. The molecular formula is C16H14ClN3O. The fraction of sp³-hybridized carbons (Fsp3) is 0.250. The molecule has 1 aromatic carbocycles. The maximum absolute atomic E-state index is 10.2. The predicted octanol–water partition coefficient (Wildman–Crippen LogP) is 3.44. The quantitative estimate of drug-likeness (QED) is 0.845. The molecule has 3 N–H and O–H groups in total. The lowest BCUT2D eigenvalue weighted by Crippen LogP contribution is -2.11. The van der Waals surface area contributed by atoms with Crippen LogP contribution in [0.4, 0.5) is 5.82 Å². The lowest BCUT2D eigenvalue weighted by molar-refractivity contribution is 0.477. The molecule has 0 saturated carbocycles. The second kappa shape index (κ2) is 5.27. The van der Waals surface area contributed by atoms with Crippen LogP contribution in [0, 0.1) is 11.3 Å². The van der Waals surface area contributed by atoms with E-state index >= 15 is 0 Å². The topological polar surface area (TPSA) is 82.9 Å². The van der Waals surface area contributed by atoms with Crippen LogP contribution in [0.3, 0.4) is 0 Å². The fourth-order valence-electron chi connectivity index (χ4n) is 2.88. The fourth-order valence-corrected chi connectivity index (χ4v) is 3.05. The summed E-state index contributed by atoms with van der Waals surface area (Å²) < 4.78 is 0. The summed E-state index contributed by atoms with van der Waals surface area (Å²) in [6.07, 6.45) is 3.78. The summed E-state index contributed by atoms with van der Waals surface area (Å²) in [7, 11) is 0. The molecule has 0 aliphatic heterocycles. The number of nitrogens with two attached hydrogens (primary N) is 1. The Hall–Kier alpha value is -2.25. The van der Waals surface area contributed by atoms with Crippen LogP contribution in [0.5, 0.6) is 5.75 Å². The number of fused-ring (bicyclic) bond motifs is 1. The Morgan fingerprint density at radius 1 is 1.29 bits per heavy atom. The van der Waals surface area contributed by atoms with Gasteiger partial charge in [0.1, 0.15) is 23.2 Å². The predicted molar refractivity (Wildman–Crippen MR) is 82.1 cm³/mol. The molecule has 106 valence electrons. The van der Waals surface area contributed by atoms with E-state index in [2.05, 4.69) is 11.1 Å². The van der Waals surface area contributed by atoms with Gasteiger partial charge in [-0.15, -0.1) is 0 Å². The third-order valence-corrected chi connectivity index (χ3v) is 4.08. The van der Waals surface area contributed by atoms with Gasteiger partial charge in [-0.1, -0.05) is 11.6 Å². The lowest BCUT2D eigenvalue weighted by atomic mass is 9.86. The van der Waals surface area contributed by atoms with Crippen molar-refractivity contribution in [1.82, 2.24) is 4.98 Å². The number of nitrogens with zero attached hydrogens (tertiary/aromatic N) is 2. The van der Waals surface area contributed by atoms with Gasteiger partial charge in [0.25, 0.3) is 0 Å². The van der Waals surface area contributed by atoms with Crippen molar-refractivity contribution in [2.45, 2.75) is 25.7 Å². The molecular weight excluding hydrogens is 286 g/mol. The summed E-state index contributed by atoms with van der Waals surface area (Å²) in [6.45, 7) is 0. The monoisotopic (exact) mass is 299 g/mol. The van der Waals surface area contributed by atoms with Gasteiger partial charge in [0.2, 0.25) is 0 Å². The van der Waals surface area contributed by atoms with Crippen molar-refractivity contribution >= 4 is 17.4 Å². The number of pyridine rings is 1. The minimum absolute atomic E-state index is 0.0919. The molecule has 2 aromatic rings. The summed E-state index contributed by atoms with van der Waals surface area (Å²) >= 11 is 6.04. The third kappa shape index (κ3) is 2.30. The number of phenols is 1. The van der Waals surface area contributed by atoms with E-state index < -0.39 is 0 Å². The molecule has 0 fully saturated rings. The summed E-state index contributed by atoms with van der Waals surface area (Å²) in [5, 5.41) is 20.1. The molecule has 0 saturated heterocycles. The largest absolute Gasteiger partial charge is 0.507 e. The van der Waals surface area contributed by atoms with Gasteiger partial charge in [0.15, 0.2) is 0 Å². The number of halogens is 1. The molecule has 0 radical (unpaired) electrons. The molecule has 1 aliphatic carbocycles. The van der Waals surface area contributed by atoms with Crippen molar-refractivity contribution in [3.8, 4) is 22.9 Å². The molecule has 1 aromatic heterocycles. The maximum Gasteiger partial charge on any atom is 0.142 e. The van der Waals surface area contributed by atoms with E-state index in [1.807, 2.05) is 0 Å². The number of hydrogen-bond acceptors (Lipinski definition) is 4. The molecule has 0 amide bonds. The van der Waals surface area contributed by atoms with Crippen LogP contribution in [0.15, 0.2) is 18.2 Å². The van der Waals surface area contributed by atoms with E-state index in [4.69, 9.17) is 17.3 Å². The number of aryl methyl sites for hydroxylation is 1. The third-order valence-electron chi connectivity index (χ3n) is 3.84. The smallest absolute Gasteiger partial charge is 0.142 e. The van der Waals surface area contributed by atoms with Gasteiger partial charge >= 0.3 is 0 Å². The maximum atomic E-state index is 10.2. The molecule has 1 heterocycles. The number of nitriles is 1. The van der Waals surface area contributed by atoms with Crippen molar-refractivity contribution in [2.75, 3.05) is 5.73 Å². The zero-order valence-electron chi connectivity index (χ0n) is 11.4. The van der Waals surface area contributed by atoms with Crippen LogP contribution >= 0.6 is 11.6 Å². The molecule has 5 heteroatoms. The van der Waals surface area contributed by atoms with E-state index in [0.29, 0.717) is 21.7 Å². The van der Waals surface area contributed by atoms with Crippen molar-refractivity contribution in [3.63, 3.8) is 0 Å². The summed E-state index contributed by atoms with van der Waals surface area (Å²) in [6, 6.07) is 6.93. The first-order chi connectivity index (χ1) is 10.1. The van der Waals surface area contributed by atoms with Crippen LogP contribution in [0.1, 0.15) is 29.7 Å². The standard InChI is InChI=1S/C16H14ClN3O/c17-9-5-6-14(21)11(7-9)15-10-3-1-2-4-13(10)20-16(19)12(15)8-18/h5-7,21H,1-4H2,(H2,19,20). The summed E-state index contributed by atoms with van der Waals surface area (Å²) in [4.78, 5) is 4.36. The van der Waals surface area contributed by atoms with Crippen molar-refractivity contribution in [1.29, 1.82) is 5.26 Å². The van der Waals surface area contributed by atoms with Gasteiger partial charge in [-0.25, -0.2) is 4.98 Å². The van der Waals surface area contributed by atoms with Crippen molar-refractivity contribution in [3.05, 3.63) is 40.0 Å². The van der Waals surface area contributed by atoms with Crippen molar-refractivity contribution < 1.29 is 5.11 Å². The highest BCUT2D eigenvalue weighted by atomic mass is 35.5. The number of rotatable bonds is 1. The Labute approximate surface area is 127 Å². The van der Waals surface area contributed by atoms with Crippen LogP contribution < -0.4 is 5.73 Å². The first kappa shape index (κ1) is 13.7. The van der Waals surface area contributed by atoms with Crippen LogP contribution in [0.25, 0.3) is 11.1 Å². The SMILES string of the molecule is N#Cc1c(N)nc2c(c1-c1cc(Cl)ccc1O)CCCC2. The second-order valence-corrected chi connectivity index (χ2v) is 5.59. The first-order valence-electron chi connectivity index (χ1n) is 6.82. The Morgan fingerprint density at radius 2 is 2.05 bits per heavy atom. The average Bonchev–Trinajstić information content (AvgIpc) is 2.48. The average molecular weight is 300 g/mol. The Morgan fingerprint density at radius 3 is 2.81 bits per heavy atom. The first-order valence-corrected chi connectivity index (χ1v) is 7.20. The summed E-state index contributed by atoms with van der Waals surface area (Å²) in [5.74, 6) is 0.307. The zero-order valence-corrected chi connectivity index (χ0v) is 12.1. The van der Waals surface area contributed by atoms with Gasteiger partial charge in [-0.2, -0.15) is 5.26 Å². The molecule has 3 rings (SSSR count). The van der Waals surface area contributed by atoms with Crippen LogP contribution in [-0.2, 0) is 12.8 Å². The molecule has 0 bridgehead atoms. The van der Waals surface area contributed by atoms with Gasteiger partial charge in [0.05, 0.1) is 0 Å². The van der Waals surface area contributed by atoms with Gasteiger partial charge < -0.3 is 10.8 Å². The Bertz CT molecular complexity index is 765. The second-order valence-electron chi connectivity index (χ2n) is 5.15. The molecule has 4 nitrogen and oxygen atoms in total. The van der Waals surface area contributed by atoms with E-state index in [1.54, 1.807) is 12.1 Å². The lowest BCUT2D eigenvalue weighted by Gasteiger charge is -2.21. The van der Waals surface area contributed by atoms with Gasteiger partial charge in [-0.3, -0.25) is 0 Å². The normalized spacial score (nSPS) is 13.5. The molecule has 1 aliphatic rings. The van der Waals surface area contributed by atoms with Crippen LogP contribution in [-0.4, -0.2) is 10.1 Å². The van der Waals surface area contributed by atoms with E-state index in [1.165, 1.54) is 6.07 Å². The molecule has 0 atom stereocenters. The minimum Gasteiger partial charge on any atom is -0.507 e. The van der Waals surface area contributed by atoms with Gasteiger partial charge in [0, 0.05) is 21.8 Å². The highest BCUT2D eigenvalue weighted by Crippen LogP contribution is 2.40. The van der Waals surface area contributed by atoms with Crippen LogP contribution in [0.2, 0.25) is 5.02 Å². The Kier molecular flexibility index (Phi) is 3.44. The number of nitrogen functional groups attached to an aromatic ring is 1. The van der Waals surface area contributed by atoms with E-state index in [0.717, 1.165) is 36.9 Å².